The largest absolute Gasteiger partial charge is 0.506 e. The molecule has 0 aliphatic rings. The van der Waals surface area contributed by atoms with Crippen molar-refractivity contribution in [2.45, 2.75) is 0 Å². The lowest BCUT2D eigenvalue weighted by Gasteiger charge is -2.06. The smallest absolute Gasteiger partial charge is 0.220 e. The van der Waals surface area contributed by atoms with E-state index in [0.717, 1.165) is 5.56 Å². The van der Waals surface area contributed by atoms with Crippen molar-refractivity contribution in [2.24, 2.45) is 0 Å². The molecule has 3 aromatic rings. The molecule has 3 aromatic heterocycles. The van der Waals surface area contributed by atoms with Crippen molar-refractivity contribution in [3.63, 3.8) is 0 Å². The first-order chi connectivity index (χ1) is 9.74. The molecule has 0 saturated carbocycles. The number of aromatic nitrogens is 4. The van der Waals surface area contributed by atoms with Crippen LogP contribution in [0.15, 0.2) is 48.9 Å². The second-order valence-electron chi connectivity index (χ2n) is 4.11. The Balaban J connectivity index is 2.12. The molecular formula is C14H11N5O. The van der Waals surface area contributed by atoms with Crippen LogP contribution < -0.4 is 5.73 Å². The zero-order valence-corrected chi connectivity index (χ0v) is 10.4. The zero-order chi connectivity index (χ0) is 13.9. The highest BCUT2D eigenvalue weighted by molar-refractivity contribution is 5.68. The van der Waals surface area contributed by atoms with E-state index in [0.29, 0.717) is 17.1 Å². The zero-order valence-electron chi connectivity index (χ0n) is 10.4. The summed E-state index contributed by atoms with van der Waals surface area (Å²) >= 11 is 0. The monoisotopic (exact) mass is 265 g/mol. The summed E-state index contributed by atoms with van der Waals surface area (Å²) in [6.45, 7) is 0. The maximum atomic E-state index is 9.95. The van der Waals surface area contributed by atoms with Crippen LogP contribution in [-0.4, -0.2) is 25.0 Å². The van der Waals surface area contributed by atoms with Gasteiger partial charge in [-0.1, -0.05) is 0 Å². The van der Waals surface area contributed by atoms with Crippen LogP contribution in [-0.2, 0) is 0 Å². The molecule has 0 fully saturated rings. The van der Waals surface area contributed by atoms with Gasteiger partial charge in [-0.05, 0) is 30.3 Å². The second-order valence-corrected chi connectivity index (χ2v) is 4.11. The minimum Gasteiger partial charge on any atom is -0.506 e. The van der Waals surface area contributed by atoms with Crippen LogP contribution in [0.4, 0.5) is 5.95 Å². The topological polar surface area (TPSA) is 97.8 Å². The van der Waals surface area contributed by atoms with E-state index < -0.39 is 0 Å². The van der Waals surface area contributed by atoms with Gasteiger partial charge in [0.15, 0.2) is 0 Å². The fraction of sp³-hybridized carbons (Fsp3) is 0. The first kappa shape index (κ1) is 12.0. The van der Waals surface area contributed by atoms with Crippen LogP contribution in [0, 0.1) is 0 Å². The number of rotatable bonds is 2. The van der Waals surface area contributed by atoms with Gasteiger partial charge in [0.2, 0.25) is 5.95 Å². The predicted molar refractivity (Wildman–Crippen MR) is 74.6 cm³/mol. The molecule has 0 unspecified atom stereocenters. The number of nitrogens with zero attached hydrogens (tertiary/aromatic N) is 4. The first-order valence-electron chi connectivity index (χ1n) is 5.93. The Morgan fingerprint density at radius 1 is 0.950 bits per heavy atom. The lowest BCUT2D eigenvalue weighted by molar-refractivity contribution is 0.475. The Kier molecular flexibility index (Phi) is 2.96. The predicted octanol–water partition coefficient (Wildman–Crippen LogP) is 1.89. The number of hydrogen-bond donors (Lipinski definition) is 2. The molecule has 0 aliphatic heterocycles. The molecule has 6 heteroatoms. The number of pyridine rings is 2. The third-order valence-corrected chi connectivity index (χ3v) is 2.75. The molecule has 6 nitrogen and oxygen atoms in total. The normalized spacial score (nSPS) is 10.4. The molecule has 0 amide bonds. The summed E-state index contributed by atoms with van der Waals surface area (Å²) in [6.07, 6.45) is 4.92. The molecule has 0 radical (unpaired) electrons. The van der Waals surface area contributed by atoms with Crippen LogP contribution in [0.25, 0.3) is 22.6 Å². The molecule has 0 saturated heterocycles. The van der Waals surface area contributed by atoms with Crippen molar-refractivity contribution in [2.75, 3.05) is 5.73 Å². The highest BCUT2D eigenvalue weighted by Crippen LogP contribution is 2.28. The standard InChI is InChI=1S/C14H11N5O/c15-14-17-7-5-11(19-14)13-12(20)4-3-10(18-13)9-2-1-6-16-8-9/h1-8,20H,(H2,15,17,19). The van der Waals surface area contributed by atoms with Crippen molar-refractivity contribution >= 4 is 5.95 Å². The molecule has 0 aromatic carbocycles. The first-order valence-corrected chi connectivity index (χ1v) is 5.93. The van der Waals surface area contributed by atoms with Gasteiger partial charge in [0.25, 0.3) is 0 Å². The minimum absolute atomic E-state index is 0.0377. The van der Waals surface area contributed by atoms with Gasteiger partial charge in [0.05, 0.1) is 11.4 Å². The van der Waals surface area contributed by atoms with Gasteiger partial charge >= 0.3 is 0 Å². The van der Waals surface area contributed by atoms with E-state index in [4.69, 9.17) is 5.73 Å². The Bertz CT molecular complexity index is 746. The Labute approximate surface area is 115 Å². The van der Waals surface area contributed by atoms with E-state index in [1.165, 1.54) is 6.20 Å². The maximum absolute atomic E-state index is 9.95. The molecule has 0 atom stereocenters. The average Bonchev–Trinajstić information content (AvgIpc) is 2.48. The highest BCUT2D eigenvalue weighted by Gasteiger charge is 2.10. The lowest BCUT2D eigenvalue weighted by Crippen LogP contribution is -1.97. The van der Waals surface area contributed by atoms with E-state index in [-0.39, 0.29) is 11.7 Å². The van der Waals surface area contributed by atoms with Gasteiger partial charge in [-0.2, -0.15) is 0 Å². The van der Waals surface area contributed by atoms with Crippen molar-refractivity contribution < 1.29 is 5.11 Å². The summed E-state index contributed by atoms with van der Waals surface area (Å²) in [5, 5.41) is 9.95. The van der Waals surface area contributed by atoms with Gasteiger partial charge < -0.3 is 10.8 Å². The fourth-order valence-corrected chi connectivity index (χ4v) is 1.82. The number of nitrogens with two attached hydrogens (primary N) is 1. The third-order valence-electron chi connectivity index (χ3n) is 2.75. The highest BCUT2D eigenvalue weighted by atomic mass is 16.3. The molecule has 20 heavy (non-hydrogen) atoms. The minimum atomic E-state index is 0.0377. The Hall–Kier alpha value is -3.02. The van der Waals surface area contributed by atoms with E-state index in [2.05, 4.69) is 19.9 Å². The summed E-state index contributed by atoms with van der Waals surface area (Å²) < 4.78 is 0. The molecule has 3 N–H and O–H groups in total. The summed E-state index contributed by atoms with van der Waals surface area (Å²) in [7, 11) is 0. The molecule has 0 bridgehead atoms. The quantitative estimate of drug-likeness (QED) is 0.734. The van der Waals surface area contributed by atoms with Gasteiger partial charge in [0, 0.05) is 24.2 Å². The van der Waals surface area contributed by atoms with Crippen LogP contribution in [0.2, 0.25) is 0 Å². The van der Waals surface area contributed by atoms with Crippen LogP contribution in [0.3, 0.4) is 0 Å². The van der Waals surface area contributed by atoms with Crippen LogP contribution in [0.5, 0.6) is 5.75 Å². The van der Waals surface area contributed by atoms with Crippen molar-refractivity contribution in [1.82, 2.24) is 19.9 Å². The van der Waals surface area contributed by atoms with E-state index in [1.54, 1.807) is 30.6 Å². The summed E-state index contributed by atoms with van der Waals surface area (Å²) in [5.74, 6) is 0.172. The number of hydrogen-bond acceptors (Lipinski definition) is 6. The number of anilines is 1. The summed E-state index contributed by atoms with van der Waals surface area (Å²) in [4.78, 5) is 16.4. The molecule has 0 aliphatic carbocycles. The lowest BCUT2D eigenvalue weighted by atomic mass is 10.1. The molecule has 98 valence electrons. The Morgan fingerprint density at radius 2 is 1.85 bits per heavy atom. The Morgan fingerprint density at radius 3 is 2.60 bits per heavy atom. The number of aromatic hydroxyl groups is 1. The van der Waals surface area contributed by atoms with Gasteiger partial charge in [-0.15, -0.1) is 0 Å². The molecule has 0 spiro atoms. The fourth-order valence-electron chi connectivity index (χ4n) is 1.82. The molecule has 3 rings (SSSR count). The van der Waals surface area contributed by atoms with E-state index in [9.17, 15) is 5.11 Å². The van der Waals surface area contributed by atoms with Crippen LogP contribution in [0.1, 0.15) is 0 Å². The van der Waals surface area contributed by atoms with Gasteiger partial charge in [-0.25, -0.2) is 15.0 Å². The van der Waals surface area contributed by atoms with E-state index >= 15 is 0 Å². The molecule has 3 heterocycles. The summed E-state index contributed by atoms with van der Waals surface area (Å²) in [5.41, 5.74) is 7.94. The SMILES string of the molecule is Nc1nccc(-c2nc(-c3cccnc3)ccc2O)n1. The summed E-state index contributed by atoms with van der Waals surface area (Å²) in [6, 6.07) is 8.66. The van der Waals surface area contributed by atoms with Crippen LogP contribution >= 0.6 is 0 Å². The molecular weight excluding hydrogens is 254 g/mol. The van der Waals surface area contributed by atoms with Gasteiger partial charge in [0.1, 0.15) is 11.4 Å². The van der Waals surface area contributed by atoms with Crippen molar-refractivity contribution in [3.8, 4) is 28.4 Å². The maximum Gasteiger partial charge on any atom is 0.220 e. The number of nitrogen functional groups attached to an aromatic ring is 1. The average molecular weight is 265 g/mol. The second kappa shape index (κ2) is 4.93. The van der Waals surface area contributed by atoms with E-state index in [1.807, 2.05) is 12.1 Å². The van der Waals surface area contributed by atoms with Crippen molar-refractivity contribution in [1.29, 1.82) is 0 Å². The van der Waals surface area contributed by atoms with Crippen molar-refractivity contribution in [3.05, 3.63) is 48.9 Å². The van der Waals surface area contributed by atoms with Gasteiger partial charge in [-0.3, -0.25) is 4.98 Å². The third kappa shape index (κ3) is 2.26.